The minimum Gasteiger partial charge on any atom is -0.497 e. The maximum Gasteiger partial charge on any atom is 0.194 e. The molecule has 0 bridgehead atoms. The summed E-state index contributed by atoms with van der Waals surface area (Å²) >= 11 is 6.10. The molecule has 0 saturated carbocycles. The first-order valence-corrected chi connectivity index (χ1v) is 6.15. The van der Waals surface area contributed by atoms with E-state index >= 15 is 0 Å². The summed E-state index contributed by atoms with van der Waals surface area (Å²) in [6.07, 6.45) is 0. The number of hydrogen-bond donors (Lipinski definition) is 1. The molecule has 0 fully saturated rings. The molecule has 0 spiro atoms. The van der Waals surface area contributed by atoms with E-state index in [2.05, 4.69) is 0 Å². The number of ketones is 1. The van der Waals surface area contributed by atoms with Crippen LogP contribution in [0.15, 0.2) is 36.4 Å². The normalized spacial score (nSPS) is 10.3. The molecule has 4 heteroatoms. The van der Waals surface area contributed by atoms with Crippen LogP contribution < -0.4 is 10.5 Å². The van der Waals surface area contributed by atoms with E-state index in [9.17, 15) is 4.79 Å². The zero-order chi connectivity index (χ0) is 14.0. The van der Waals surface area contributed by atoms with Gasteiger partial charge in [0.1, 0.15) is 5.75 Å². The Morgan fingerprint density at radius 1 is 1.21 bits per heavy atom. The molecule has 2 aromatic carbocycles. The lowest BCUT2D eigenvalue weighted by Crippen LogP contribution is -2.03. The highest BCUT2D eigenvalue weighted by Crippen LogP contribution is 2.25. The molecule has 0 amide bonds. The fourth-order valence-corrected chi connectivity index (χ4v) is 2.04. The zero-order valence-corrected chi connectivity index (χ0v) is 11.5. The van der Waals surface area contributed by atoms with Gasteiger partial charge < -0.3 is 10.5 Å². The minimum absolute atomic E-state index is 0.129. The predicted octanol–water partition coefficient (Wildman–Crippen LogP) is 3.47. The van der Waals surface area contributed by atoms with Crippen LogP contribution in [0.2, 0.25) is 5.02 Å². The first-order valence-electron chi connectivity index (χ1n) is 5.77. The fourth-order valence-electron chi connectivity index (χ4n) is 1.78. The monoisotopic (exact) mass is 275 g/mol. The molecule has 0 aliphatic carbocycles. The number of halogens is 1. The van der Waals surface area contributed by atoms with Gasteiger partial charge >= 0.3 is 0 Å². The van der Waals surface area contributed by atoms with Crippen molar-refractivity contribution in [3.63, 3.8) is 0 Å². The molecular weight excluding hydrogens is 262 g/mol. The molecule has 3 nitrogen and oxygen atoms in total. The summed E-state index contributed by atoms with van der Waals surface area (Å²) < 4.78 is 5.06. The van der Waals surface area contributed by atoms with E-state index in [0.717, 1.165) is 5.56 Å². The Balaban J connectivity index is 2.41. The quantitative estimate of drug-likeness (QED) is 0.689. The van der Waals surface area contributed by atoms with Crippen LogP contribution in [0, 0.1) is 6.92 Å². The van der Waals surface area contributed by atoms with Crippen LogP contribution in [0.25, 0.3) is 0 Å². The molecule has 2 aromatic rings. The van der Waals surface area contributed by atoms with Gasteiger partial charge in [0.25, 0.3) is 0 Å². The van der Waals surface area contributed by atoms with Crippen molar-refractivity contribution in [3.05, 3.63) is 58.1 Å². The number of anilines is 1. The number of ether oxygens (including phenoxy) is 1. The Morgan fingerprint density at radius 2 is 1.95 bits per heavy atom. The first-order chi connectivity index (χ1) is 9.02. The van der Waals surface area contributed by atoms with Crippen molar-refractivity contribution in [2.45, 2.75) is 6.92 Å². The van der Waals surface area contributed by atoms with Crippen LogP contribution in [0.1, 0.15) is 21.5 Å². The average Bonchev–Trinajstić information content (AvgIpc) is 2.41. The van der Waals surface area contributed by atoms with Crippen LogP contribution in [0.4, 0.5) is 5.69 Å². The van der Waals surface area contributed by atoms with Crippen molar-refractivity contribution in [2.75, 3.05) is 12.8 Å². The Kier molecular flexibility index (Phi) is 3.76. The third kappa shape index (κ3) is 2.71. The molecule has 0 saturated heterocycles. The Bertz CT molecular complexity index is 638. The molecule has 0 aliphatic heterocycles. The van der Waals surface area contributed by atoms with Gasteiger partial charge in [-0.2, -0.15) is 0 Å². The number of nitrogens with two attached hydrogens (primary N) is 1. The number of methoxy groups -OCH3 is 1. The molecule has 2 rings (SSSR count). The number of carbonyl (C=O) groups excluding carboxylic acids is 1. The maximum atomic E-state index is 12.4. The molecule has 2 N–H and O–H groups in total. The van der Waals surface area contributed by atoms with Gasteiger partial charge in [-0.1, -0.05) is 11.6 Å². The first kappa shape index (κ1) is 13.4. The Hall–Kier alpha value is -2.00. The van der Waals surface area contributed by atoms with Crippen molar-refractivity contribution in [2.24, 2.45) is 0 Å². The van der Waals surface area contributed by atoms with E-state index in [0.29, 0.717) is 27.6 Å². The summed E-state index contributed by atoms with van der Waals surface area (Å²) in [5.74, 6) is 0.491. The number of benzene rings is 2. The van der Waals surface area contributed by atoms with Crippen molar-refractivity contribution >= 4 is 23.1 Å². The molecule has 0 radical (unpaired) electrons. The lowest BCUT2D eigenvalue weighted by Gasteiger charge is -2.07. The average molecular weight is 276 g/mol. The molecule has 0 unspecified atom stereocenters. The highest BCUT2D eigenvalue weighted by molar-refractivity contribution is 6.35. The second-order valence-electron chi connectivity index (χ2n) is 4.25. The van der Waals surface area contributed by atoms with E-state index in [-0.39, 0.29) is 5.78 Å². The standard InChI is InChI=1S/C15H14ClNO2/c1-9-7-10(3-6-14(9)17)15(18)12-5-4-11(19-2)8-13(12)16/h3-8H,17H2,1-2H3. The number of carbonyl (C=O) groups is 1. The van der Waals surface area contributed by atoms with Crippen molar-refractivity contribution in [3.8, 4) is 5.75 Å². The van der Waals surface area contributed by atoms with E-state index in [4.69, 9.17) is 22.1 Å². The Morgan fingerprint density at radius 3 is 2.53 bits per heavy atom. The number of aryl methyl sites for hydroxylation is 1. The van der Waals surface area contributed by atoms with E-state index in [1.807, 2.05) is 6.92 Å². The van der Waals surface area contributed by atoms with Gasteiger partial charge in [0.15, 0.2) is 5.78 Å². The van der Waals surface area contributed by atoms with E-state index in [1.165, 1.54) is 0 Å². The van der Waals surface area contributed by atoms with Crippen LogP contribution in [-0.4, -0.2) is 12.9 Å². The third-order valence-corrected chi connectivity index (χ3v) is 3.27. The highest BCUT2D eigenvalue weighted by atomic mass is 35.5. The van der Waals surface area contributed by atoms with Gasteiger partial charge in [-0.05, 0) is 48.9 Å². The summed E-state index contributed by atoms with van der Waals surface area (Å²) in [5, 5.41) is 0.374. The maximum absolute atomic E-state index is 12.4. The number of nitrogen functional groups attached to an aromatic ring is 1. The van der Waals surface area contributed by atoms with Crippen molar-refractivity contribution in [1.82, 2.24) is 0 Å². The van der Waals surface area contributed by atoms with Crippen LogP contribution >= 0.6 is 11.6 Å². The van der Waals surface area contributed by atoms with Gasteiger partial charge in [-0.15, -0.1) is 0 Å². The van der Waals surface area contributed by atoms with Crippen LogP contribution in [-0.2, 0) is 0 Å². The summed E-state index contributed by atoms with van der Waals surface area (Å²) in [6, 6.07) is 10.2. The van der Waals surface area contributed by atoms with Crippen LogP contribution in [0.5, 0.6) is 5.75 Å². The number of hydrogen-bond acceptors (Lipinski definition) is 3. The summed E-state index contributed by atoms with van der Waals surface area (Å²) in [6.45, 7) is 1.86. The topological polar surface area (TPSA) is 52.3 Å². The predicted molar refractivity (Wildman–Crippen MR) is 77.0 cm³/mol. The van der Waals surface area contributed by atoms with Crippen molar-refractivity contribution < 1.29 is 9.53 Å². The summed E-state index contributed by atoms with van der Waals surface area (Å²) in [4.78, 5) is 12.4. The van der Waals surface area contributed by atoms with Gasteiger partial charge in [0.05, 0.1) is 12.1 Å². The second kappa shape index (κ2) is 5.33. The van der Waals surface area contributed by atoms with E-state index < -0.39 is 0 Å². The van der Waals surface area contributed by atoms with Crippen molar-refractivity contribution in [1.29, 1.82) is 0 Å². The van der Waals surface area contributed by atoms with E-state index in [1.54, 1.807) is 43.5 Å². The largest absolute Gasteiger partial charge is 0.497 e. The second-order valence-corrected chi connectivity index (χ2v) is 4.65. The van der Waals surface area contributed by atoms with Gasteiger partial charge in [-0.25, -0.2) is 0 Å². The van der Waals surface area contributed by atoms with Gasteiger partial charge in [0.2, 0.25) is 0 Å². The molecule has 0 heterocycles. The third-order valence-electron chi connectivity index (χ3n) is 2.95. The molecule has 19 heavy (non-hydrogen) atoms. The number of rotatable bonds is 3. The lowest BCUT2D eigenvalue weighted by atomic mass is 10.0. The molecular formula is C15H14ClNO2. The van der Waals surface area contributed by atoms with Crippen LogP contribution in [0.3, 0.4) is 0 Å². The highest BCUT2D eigenvalue weighted by Gasteiger charge is 2.14. The smallest absolute Gasteiger partial charge is 0.194 e. The summed E-state index contributed by atoms with van der Waals surface area (Å²) in [7, 11) is 1.55. The molecule has 0 atom stereocenters. The summed E-state index contributed by atoms with van der Waals surface area (Å²) in [5.41, 5.74) is 8.30. The minimum atomic E-state index is -0.129. The fraction of sp³-hybridized carbons (Fsp3) is 0.133. The zero-order valence-electron chi connectivity index (χ0n) is 10.7. The van der Waals surface area contributed by atoms with Gasteiger partial charge in [0, 0.05) is 16.8 Å². The lowest BCUT2D eigenvalue weighted by molar-refractivity contribution is 0.103. The Labute approximate surface area is 117 Å². The molecule has 0 aliphatic rings. The van der Waals surface area contributed by atoms with Gasteiger partial charge in [-0.3, -0.25) is 4.79 Å². The molecule has 0 aromatic heterocycles. The SMILES string of the molecule is COc1ccc(C(=O)c2ccc(N)c(C)c2)c(Cl)c1. The molecule has 98 valence electrons.